The molecule has 1 aliphatic carbocycles. The molecule has 2 aliphatic rings. The molecule has 4 rings (SSSR count). The first-order chi connectivity index (χ1) is 19.1. The second kappa shape index (κ2) is 13.2. The molecule has 218 valence electrons. The van der Waals surface area contributed by atoms with Gasteiger partial charge in [0.2, 0.25) is 5.91 Å². The van der Waals surface area contributed by atoms with Crippen LogP contribution in [0.15, 0.2) is 48.5 Å². The largest absolute Gasteiger partial charge is 0.496 e. The van der Waals surface area contributed by atoms with E-state index in [1.165, 1.54) is 25.7 Å². The number of rotatable bonds is 9. The van der Waals surface area contributed by atoms with Crippen LogP contribution in [0.25, 0.3) is 0 Å². The standard InChI is InChI=1S/C33H47N3O4/c1-22-26(16-11-17-30(22)40-5)31(38)34-27(18-23-12-7-6-8-13-23)29(37)21-36-20-25-15-10-9-14-24(25)19-28(36)32(39)35-33(2,3)4/h6-8,11-13,16-17,24-25,27-29,37H,9-10,14-15,18-21H2,1-5H3,(H,34,38)(H,35,39)/t24-,25+,27-,28-,29+/m0/s1. The topological polar surface area (TPSA) is 90.9 Å². The third-order valence-electron chi connectivity index (χ3n) is 8.55. The highest BCUT2D eigenvalue weighted by Gasteiger charge is 2.41. The van der Waals surface area contributed by atoms with Crippen molar-refractivity contribution >= 4 is 11.8 Å². The number of fused-ring (bicyclic) bond motifs is 1. The van der Waals surface area contributed by atoms with Crippen molar-refractivity contribution in [3.05, 3.63) is 65.2 Å². The number of amides is 2. The third-order valence-corrected chi connectivity index (χ3v) is 8.55. The van der Waals surface area contributed by atoms with Gasteiger partial charge >= 0.3 is 0 Å². The Morgan fingerprint density at radius 3 is 2.42 bits per heavy atom. The van der Waals surface area contributed by atoms with Gasteiger partial charge in [-0.25, -0.2) is 0 Å². The van der Waals surface area contributed by atoms with Crippen LogP contribution >= 0.6 is 0 Å². The normalized spacial score (nSPS) is 23.0. The van der Waals surface area contributed by atoms with Gasteiger partial charge in [-0.1, -0.05) is 55.7 Å². The van der Waals surface area contributed by atoms with Crippen LogP contribution in [0, 0.1) is 18.8 Å². The lowest BCUT2D eigenvalue weighted by molar-refractivity contribution is -0.132. The maximum atomic E-state index is 13.5. The van der Waals surface area contributed by atoms with Gasteiger partial charge in [0, 0.05) is 29.8 Å². The Hall–Kier alpha value is -2.90. The van der Waals surface area contributed by atoms with Crippen molar-refractivity contribution in [2.75, 3.05) is 20.2 Å². The van der Waals surface area contributed by atoms with Gasteiger partial charge in [-0.2, -0.15) is 0 Å². The van der Waals surface area contributed by atoms with E-state index in [0.29, 0.717) is 36.1 Å². The zero-order valence-electron chi connectivity index (χ0n) is 24.8. The van der Waals surface area contributed by atoms with Crippen molar-refractivity contribution in [2.45, 2.75) is 89.9 Å². The fourth-order valence-corrected chi connectivity index (χ4v) is 6.47. The summed E-state index contributed by atoms with van der Waals surface area (Å²) in [5, 5.41) is 18.0. The zero-order chi connectivity index (χ0) is 28.9. The summed E-state index contributed by atoms with van der Waals surface area (Å²) in [4.78, 5) is 29.2. The highest BCUT2D eigenvalue weighted by atomic mass is 16.5. The minimum absolute atomic E-state index is 0.0272. The number of carbonyl (C=O) groups is 2. The van der Waals surface area contributed by atoms with Gasteiger partial charge in [-0.3, -0.25) is 14.5 Å². The average molecular weight is 550 g/mol. The summed E-state index contributed by atoms with van der Waals surface area (Å²) >= 11 is 0. The summed E-state index contributed by atoms with van der Waals surface area (Å²) in [6.45, 7) is 8.99. The van der Waals surface area contributed by atoms with E-state index in [1.54, 1.807) is 19.2 Å². The van der Waals surface area contributed by atoms with Crippen LogP contribution in [0.3, 0.4) is 0 Å². The van der Waals surface area contributed by atoms with Gasteiger partial charge in [0.1, 0.15) is 5.75 Å². The molecule has 0 spiro atoms. The van der Waals surface area contributed by atoms with Gasteiger partial charge in [0.25, 0.3) is 5.91 Å². The number of hydrogen-bond donors (Lipinski definition) is 3. The van der Waals surface area contributed by atoms with Gasteiger partial charge in [-0.15, -0.1) is 0 Å². The van der Waals surface area contributed by atoms with E-state index in [4.69, 9.17) is 4.74 Å². The smallest absolute Gasteiger partial charge is 0.252 e. The Balaban J connectivity index is 1.56. The molecular formula is C33H47N3O4. The van der Waals surface area contributed by atoms with Gasteiger partial charge in [0.05, 0.1) is 25.3 Å². The van der Waals surface area contributed by atoms with Crippen LogP contribution in [0.4, 0.5) is 0 Å². The number of likely N-dealkylation sites (tertiary alicyclic amines) is 1. The summed E-state index contributed by atoms with van der Waals surface area (Å²) in [5.74, 6) is 1.52. The maximum Gasteiger partial charge on any atom is 0.252 e. The van der Waals surface area contributed by atoms with Gasteiger partial charge in [0.15, 0.2) is 0 Å². The summed E-state index contributed by atoms with van der Waals surface area (Å²) in [6, 6.07) is 14.5. The molecule has 3 N–H and O–H groups in total. The van der Waals surface area contributed by atoms with E-state index in [9.17, 15) is 14.7 Å². The fraction of sp³-hybridized carbons (Fsp3) is 0.576. The molecule has 2 aromatic rings. The average Bonchev–Trinajstić information content (AvgIpc) is 2.92. The number of benzene rings is 2. The van der Waals surface area contributed by atoms with E-state index in [-0.39, 0.29) is 23.4 Å². The Morgan fingerprint density at radius 1 is 1.05 bits per heavy atom. The number of aliphatic hydroxyl groups is 1. The van der Waals surface area contributed by atoms with Crippen LogP contribution < -0.4 is 15.4 Å². The van der Waals surface area contributed by atoms with Crippen LogP contribution in [-0.4, -0.2) is 65.7 Å². The zero-order valence-corrected chi connectivity index (χ0v) is 24.8. The number of aliphatic hydroxyl groups excluding tert-OH is 1. The second-order valence-electron chi connectivity index (χ2n) is 12.7. The number of β-amino-alcohol motifs (C(OH)–C–C–N with tert-alkyl or cyclic N) is 1. The number of piperidine rings is 1. The first-order valence-electron chi connectivity index (χ1n) is 14.8. The van der Waals surface area contributed by atoms with Gasteiger partial charge < -0.3 is 20.5 Å². The van der Waals surface area contributed by atoms with Crippen molar-refractivity contribution in [2.24, 2.45) is 11.8 Å². The molecular weight excluding hydrogens is 502 g/mol. The first-order valence-corrected chi connectivity index (χ1v) is 14.8. The van der Waals surface area contributed by atoms with Gasteiger partial charge in [-0.05, 0) is 76.5 Å². The van der Waals surface area contributed by atoms with Crippen molar-refractivity contribution in [3.8, 4) is 5.75 Å². The van der Waals surface area contributed by atoms with Crippen LogP contribution in [0.1, 0.15) is 74.4 Å². The molecule has 0 aromatic heterocycles. The molecule has 1 aliphatic heterocycles. The first kappa shape index (κ1) is 30.1. The van der Waals surface area contributed by atoms with Crippen molar-refractivity contribution in [1.29, 1.82) is 0 Å². The molecule has 5 atom stereocenters. The quantitative estimate of drug-likeness (QED) is 0.429. The van der Waals surface area contributed by atoms with E-state index >= 15 is 0 Å². The summed E-state index contributed by atoms with van der Waals surface area (Å²) in [6.07, 6.45) is 5.24. The van der Waals surface area contributed by atoms with Crippen molar-refractivity contribution in [3.63, 3.8) is 0 Å². The number of hydrogen-bond acceptors (Lipinski definition) is 5. The Bertz CT molecular complexity index is 1150. The van der Waals surface area contributed by atoms with Crippen LogP contribution in [0.5, 0.6) is 5.75 Å². The maximum absolute atomic E-state index is 13.5. The third kappa shape index (κ3) is 7.64. The lowest BCUT2D eigenvalue weighted by Crippen LogP contribution is -2.60. The Kier molecular flexibility index (Phi) is 9.90. The fourth-order valence-electron chi connectivity index (χ4n) is 6.47. The molecule has 0 radical (unpaired) electrons. The molecule has 1 saturated carbocycles. The number of nitrogens with zero attached hydrogens (tertiary/aromatic N) is 1. The number of nitrogens with one attached hydrogen (secondary N) is 2. The number of methoxy groups -OCH3 is 1. The lowest BCUT2D eigenvalue weighted by Gasteiger charge is -2.47. The lowest BCUT2D eigenvalue weighted by atomic mass is 9.72. The molecule has 0 unspecified atom stereocenters. The summed E-state index contributed by atoms with van der Waals surface area (Å²) in [7, 11) is 1.59. The molecule has 7 nitrogen and oxygen atoms in total. The molecule has 1 saturated heterocycles. The SMILES string of the molecule is COc1cccc(C(=O)N[C@@H](Cc2ccccc2)[C@H](O)CN2C[C@H]3CCCC[C@H]3C[C@H]2C(=O)NC(C)(C)C)c1C. The molecule has 2 amide bonds. The van der Waals surface area contributed by atoms with E-state index in [2.05, 4.69) is 15.5 Å². The van der Waals surface area contributed by atoms with E-state index in [1.807, 2.05) is 64.1 Å². The highest BCUT2D eigenvalue weighted by molar-refractivity contribution is 5.96. The predicted molar refractivity (Wildman–Crippen MR) is 158 cm³/mol. The summed E-state index contributed by atoms with van der Waals surface area (Å²) in [5.41, 5.74) is 1.98. The molecule has 2 fully saturated rings. The van der Waals surface area contributed by atoms with Crippen LogP contribution in [-0.2, 0) is 11.2 Å². The number of carbonyl (C=O) groups excluding carboxylic acids is 2. The van der Waals surface area contributed by atoms with Crippen molar-refractivity contribution in [1.82, 2.24) is 15.5 Å². The molecule has 40 heavy (non-hydrogen) atoms. The second-order valence-corrected chi connectivity index (χ2v) is 12.7. The van der Waals surface area contributed by atoms with E-state index < -0.39 is 12.1 Å². The molecule has 0 bridgehead atoms. The number of ether oxygens (including phenoxy) is 1. The minimum Gasteiger partial charge on any atom is -0.496 e. The Labute approximate surface area is 239 Å². The predicted octanol–water partition coefficient (Wildman–Crippen LogP) is 4.50. The van der Waals surface area contributed by atoms with Crippen LogP contribution in [0.2, 0.25) is 0 Å². The molecule has 1 heterocycles. The minimum atomic E-state index is -0.861. The monoisotopic (exact) mass is 549 g/mol. The van der Waals surface area contributed by atoms with E-state index in [0.717, 1.165) is 24.1 Å². The van der Waals surface area contributed by atoms with Crippen molar-refractivity contribution < 1.29 is 19.4 Å². The molecule has 2 aromatic carbocycles. The molecule has 7 heteroatoms. The Morgan fingerprint density at radius 2 is 1.75 bits per heavy atom. The summed E-state index contributed by atoms with van der Waals surface area (Å²) < 4.78 is 5.42. The highest BCUT2D eigenvalue weighted by Crippen LogP contribution is 2.39.